The van der Waals surface area contributed by atoms with Crippen molar-refractivity contribution < 1.29 is 9.53 Å². The van der Waals surface area contributed by atoms with Gasteiger partial charge in [0.2, 0.25) is 5.91 Å². The Morgan fingerprint density at radius 3 is 2.67 bits per heavy atom. The molecule has 6 nitrogen and oxygen atoms in total. The van der Waals surface area contributed by atoms with Gasteiger partial charge in [-0.1, -0.05) is 13.0 Å². The van der Waals surface area contributed by atoms with E-state index in [4.69, 9.17) is 4.74 Å². The molecule has 7 heteroatoms. The van der Waals surface area contributed by atoms with Gasteiger partial charge in [0.05, 0.1) is 12.8 Å². The lowest BCUT2D eigenvalue weighted by Gasteiger charge is -2.38. The van der Waals surface area contributed by atoms with Crippen LogP contribution in [-0.2, 0) is 11.2 Å². The van der Waals surface area contributed by atoms with Crippen molar-refractivity contribution in [3.63, 3.8) is 0 Å². The molecule has 1 saturated heterocycles. The maximum Gasteiger partial charge on any atom is 0.221 e. The molecule has 0 radical (unpaired) electrons. The number of aryl methyl sites for hydroxylation is 1. The maximum atomic E-state index is 11.5. The van der Waals surface area contributed by atoms with Crippen LogP contribution in [0.1, 0.15) is 37.3 Å². The van der Waals surface area contributed by atoms with Crippen LogP contribution < -0.4 is 15.0 Å². The highest BCUT2D eigenvalue weighted by molar-refractivity contribution is 7.15. The van der Waals surface area contributed by atoms with Crippen molar-refractivity contribution >= 4 is 28.1 Å². The lowest BCUT2D eigenvalue weighted by atomic mass is 10.0. The van der Waals surface area contributed by atoms with Crippen molar-refractivity contribution in [3.8, 4) is 5.75 Å². The summed E-state index contributed by atoms with van der Waals surface area (Å²) in [6.45, 7) is 9.84. The Kier molecular flexibility index (Phi) is 6.34. The van der Waals surface area contributed by atoms with Crippen LogP contribution in [0, 0.1) is 0 Å². The standard InChI is InChI=1S/C20H28N4O2S/c1-5-17-13-21-20(27-17)24-10-8-23(9-11-24)14(2)16-6-7-19(26-4)18(12-16)22-15(3)25/h6-7,12-14H,5,8-11H2,1-4H3,(H,22,25)/t14-/m1/s1. The third kappa shape index (κ3) is 4.59. The fourth-order valence-corrected chi connectivity index (χ4v) is 4.29. The summed E-state index contributed by atoms with van der Waals surface area (Å²) in [6, 6.07) is 6.30. The zero-order valence-corrected chi connectivity index (χ0v) is 17.3. The Balaban J connectivity index is 1.66. The van der Waals surface area contributed by atoms with Gasteiger partial charge in [0.1, 0.15) is 5.75 Å². The van der Waals surface area contributed by atoms with Crippen LogP contribution in [0.4, 0.5) is 10.8 Å². The molecule has 27 heavy (non-hydrogen) atoms. The van der Waals surface area contributed by atoms with E-state index >= 15 is 0 Å². The second kappa shape index (κ2) is 8.71. The molecule has 1 N–H and O–H groups in total. The third-order valence-corrected chi connectivity index (χ3v) is 6.24. The van der Waals surface area contributed by atoms with E-state index in [1.54, 1.807) is 18.4 Å². The lowest BCUT2D eigenvalue weighted by Crippen LogP contribution is -2.47. The number of anilines is 2. The van der Waals surface area contributed by atoms with Crippen LogP contribution in [-0.4, -0.2) is 49.1 Å². The highest BCUT2D eigenvalue weighted by Gasteiger charge is 2.24. The van der Waals surface area contributed by atoms with E-state index < -0.39 is 0 Å². The molecule has 1 atom stereocenters. The molecular formula is C20H28N4O2S. The van der Waals surface area contributed by atoms with Crippen molar-refractivity contribution in [2.75, 3.05) is 43.5 Å². The summed E-state index contributed by atoms with van der Waals surface area (Å²) < 4.78 is 5.36. The number of amides is 1. The number of piperazine rings is 1. The molecule has 3 rings (SSSR count). The van der Waals surface area contributed by atoms with E-state index in [0.29, 0.717) is 5.75 Å². The number of nitrogens with one attached hydrogen (secondary N) is 1. The Labute approximate surface area is 165 Å². The van der Waals surface area contributed by atoms with Crippen molar-refractivity contribution in [2.45, 2.75) is 33.2 Å². The van der Waals surface area contributed by atoms with Gasteiger partial charge in [0.25, 0.3) is 0 Å². The summed E-state index contributed by atoms with van der Waals surface area (Å²) in [5.74, 6) is 0.586. The number of benzene rings is 1. The molecule has 146 valence electrons. The van der Waals surface area contributed by atoms with Crippen LogP contribution in [0.25, 0.3) is 0 Å². The predicted molar refractivity (Wildman–Crippen MR) is 111 cm³/mol. The van der Waals surface area contributed by atoms with Gasteiger partial charge in [-0.05, 0) is 31.0 Å². The number of nitrogens with zero attached hydrogens (tertiary/aromatic N) is 3. The van der Waals surface area contributed by atoms with E-state index in [-0.39, 0.29) is 11.9 Å². The zero-order valence-electron chi connectivity index (χ0n) is 16.5. The van der Waals surface area contributed by atoms with Gasteiger partial charge in [0, 0.05) is 50.2 Å². The first-order chi connectivity index (χ1) is 13.0. The summed E-state index contributed by atoms with van der Waals surface area (Å²) in [5, 5.41) is 4.00. The predicted octanol–water partition coefficient (Wildman–Crippen LogP) is 3.56. The minimum atomic E-state index is -0.0957. The molecule has 0 spiro atoms. The first-order valence-corrected chi connectivity index (χ1v) is 10.2. The zero-order chi connectivity index (χ0) is 19.4. The average Bonchev–Trinajstić information content (AvgIpc) is 3.16. The SMILES string of the molecule is CCc1cnc(N2CCN([C@H](C)c3ccc(OC)c(NC(C)=O)c3)CC2)s1. The summed E-state index contributed by atoms with van der Waals surface area (Å²) in [4.78, 5) is 22.2. The summed E-state index contributed by atoms with van der Waals surface area (Å²) in [7, 11) is 1.62. The average molecular weight is 389 g/mol. The lowest BCUT2D eigenvalue weighted by molar-refractivity contribution is -0.114. The Morgan fingerprint density at radius 2 is 2.07 bits per heavy atom. The molecule has 2 heterocycles. The largest absolute Gasteiger partial charge is 0.495 e. The van der Waals surface area contributed by atoms with Gasteiger partial charge in [0.15, 0.2) is 5.13 Å². The van der Waals surface area contributed by atoms with E-state index in [1.807, 2.05) is 18.3 Å². The number of thiazole rings is 1. The fraction of sp³-hybridized carbons (Fsp3) is 0.500. The van der Waals surface area contributed by atoms with E-state index in [2.05, 4.69) is 40.0 Å². The van der Waals surface area contributed by atoms with Crippen LogP contribution in [0.15, 0.2) is 24.4 Å². The molecule has 1 amide bonds. The molecule has 1 aromatic heterocycles. The third-order valence-electron chi connectivity index (χ3n) is 5.04. The molecule has 0 saturated carbocycles. The van der Waals surface area contributed by atoms with Crippen molar-refractivity contribution in [1.82, 2.24) is 9.88 Å². The van der Waals surface area contributed by atoms with E-state index in [9.17, 15) is 4.79 Å². The van der Waals surface area contributed by atoms with Gasteiger partial charge < -0.3 is 15.0 Å². The number of aromatic nitrogens is 1. The van der Waals surface area contributed by atoms with E-state index in [1.165, 1.54) is 17.4 Å². The van der Waals surface area contributed by atoms with Gasteiger partial charge in [-0.15, -0.1) is 11.3 Å². The Morgan fingerprint density at radius 1 is 1.33 bits per heavy atom. The number of hydrogen-bond donors (Lipinski definition) is 1. The molecule has 2 aromatic rings. The number of rotatable bonds is 6. The number of carbonyl (C=O) groups excluding carboxylic acids is 1. The molecule has 1 aliphatic heterocycles. The first-order valence-electron chi connectivity index (χ1n) is 9.41. The highest BCUT2D eigenvalue weighted by Crippen LogP contribution is 2.31. The fourth-order valence-electron chi connectivity index (χ4n) is 3.39. The highest BCUT2D eigenvalue weighted by atomic mass is 32.1. The van der Waals surface area contributed by atoms with Gasteiger partial charge in [-0.25, -0.2) is 4.98 Å². The van der Waals surface area contributed by atoms with E-state index in [0.717, 1.165) is 43.4 Å². The molecule has 0 unspecified atom stereocenters. The van der Waals surface area contributed by atoms with Gasteiger partial charge >= 0.3 is 0 Å². The van der Waals surface area contributed by atoms with Crippen LogP contribution in [0.3, 0.4) is 0 Å². The Bertz CT molecular complexity index is 784. The number of ether oxygens (including phenoxy) is 1. The number of methoxy groups -OCH3 is 1. The van der Waals surface area contributed by atoms with Crippen molar-refractivity contribution in [3.05, 3.63) is 34.8 Å². The topological polar surface area (TPSA) is 57.7 Å². The molecule has 1 aliphatic rings. The number of carbonyl (C=O) groups is 1. The second-order valence-electron chi connectivity index (χ2n) is 6.80. The first kappa shape index (κ1) is 19.6. The van der Waals surface area contributed by atoms with Crippen LogP contribution >= 0.6 is 11.3 Å². The second-order valence-corrected chi connectivity index (χ2v) is 7.90. The molecule has 1 aromatic carbocycles. The van der Waals surface area contributed by atoms with Gasteiger partial charge in [-0.2, -0.15) is 0 Å². The van der Waals surface area contributed by atoms with Crippen LogP contribution in [0.2, 0.25) is 0 Å². The molecule has 0 aliphatic carbocycles. The number of hydrogen-bond acceptors (Lipinski definition) is 6. The van der Waals surface area contributed by atoms with Crippen molar-refractivity contribution in [1.29, 1.82) is 0 Å². The summed E-state index contributed by atoms with van der Waals surface area (Å²) in [5.41, 5.74) is 1.90. The van der Waals surface area contributed by atoms with Gasteiger partial charge in [-0.3, -0.25) is 9.69 Å². The van der Waals surface area contributed by atoms with Crippen molar-refractivity contribution in [2.24, 2.45) is 0 Å². The minimum Gasteiger partial charge on any atom is -0.495 e. The minimum absolute atomic E-state index is 0.0957. The molecule has 1 fully saturated rings. The molecule has 0 bridgehead atoms. The maximum absolute atomic E-state index is 11.5. The Hall–Kier alpha value is -2.12. The molecular weight excluding hydrogens is 360 g/mol. The summed E-state index contributed by atoms with van der Waals surface area (Å²) in [6.07, 6.45) is 3.04. The quantitative estimate of drug-likeness (QED) is 0.820. The smallest absolute Gasteiger partial charge is 0.221 e. The monoisotopic (exact) mass is 388 g/mol. The summed E-state index contributed by atoms with van der Waals surface area (Å²) >= 11 is 1.80. The van der Waals surface area contributed by atoms with Crippen LogP contribution in [0.5, 0.6) is 5.75 Å². The normalized spacial score (nSPS) is 16.2.